The molecule has 1 aliphatic heterocycles. The van der Waals surface area contributed by atoms with Crippen LogP contribution in [-0.2, 0) is 17.8 Å². The van der Waals surface area contributed by atoms with Gasteiger partial charge in [0.1, 0.15) is 18.3 Å². The number of fused-ring (bicyclic) bond motifs is 1. The molecule has 2 fully saturated rings. The minimum atomic E-state index is -0.280. The van der Waals surface area contributed by atoms with Crippen LogP contribution in [0.5, 0.6) is 0 Å². The minimum Gasteiger partial charge on any atom is -0.445 e. The maximum atomic E-state index is 12.9. The van der Waals surface area contributed by atoms with Crippen molar-refractivity contribution in [1.82, 2.24) is 24.5 Å². The standard InChI is InChI=1S/C25H31N5O3/c1-2-20-21-24(31)27-22(18-10-6-7-11-18)28-30(21)23(26-20)19-12-14-29(15-13-19)25(32)33-16-17-8-4-3-5-9-17/h3-5,8-9,18-19H,2,6-7,10-16H2,1H3,(H,27,28,31). The van der Waals surface area contributed by atoms with Crippen molar-refractivity contribution in [3.63, 3.8) is 0 Å². The second-order valence-electron chi connectivity index (χ2n) is 9.15. The molecule has 1 aliphatic carbocycles. The van der Waals surface area contributed by atoms with Crippen LogP contribution in [0.4, 0.5) is 4.79 Å². The predicted molar refractivity (Wildman–Crippen MR) is 124 cm³/mol. The molecule has 3 aromatic rings. The summed E-state index contributed by atoms with van der Waals surface area (Å²) in [6, 6.07) is 9.71. The van der Waals surface area contributed by atoms with Crippen LogP contribution in [0.1, 0.15) is 80.2 Å². The zero-order valence-corrected chi connectivity index (χ0v) is 19.1. The monoisotopic (exact) mass is 449 g/mol. The molecule has 0 spiro atoms. The Bertz CT molecular complexity index is 1170. The fourth-order valence-corrected chi connectivity index (χ4v) is 5.14. The zero-order chi connectivity index (χ0) is 22.8. The van der Waals surface area contributed by atoms with Gasteiger partial charge in [0.2, 0.25) is 0 Å². The third-order valence-electron chi connectivity index (χ3n) is 7.02. The number of aromatic amines is 1. The van der Waals surface area contributed by atoms with Gasteiger partial charge in [-0.15, -0.1) is 0 Å². The van der Waals surface area contributed by atoms with E-state index < -0.39 is 0 Å². The maximum absolute atomic E-state index is 12.9. The van der Waals surface area contributed by atoms with Crippen molar-refractivity contribution in [2.45, 2.75) is 70.3 Å². The van der Waals surface area contributed by atoms with E-state index >= 15 is 0 Å². The first kappa shape index (κ1) is 21.7. The van der Waals surface area contributed by atoms with E-state index in [1.165, 1.54) is 12.8 Å². The van der Waals surface area contributed by atoms with Crippen LogP contribution >= 0.6 is 0 Å². The highest BCUT2D eigenvalue weighted by atomic mass is 16.6. The van der Waals surface area contributed by atoms with Gasteiger partial charge in [0.15, 0.2) is 5.52 Å². The number of likely N-dealkylation sites (tertiary alicyclic amines) is 1. The maximum Gasteiger partial charge on any atom is 0.410 e. The van der Waals surface area contributed by atoms with Crippen LogP contribution in [0, 0.1) is 0 Å². The van der Waals surface area contributed by atoms with Crippen molar-refractivity contribution in [3.8, 4) is 0 Å². The number of hydrogen-bond donors (Lipinski definition) is 1. The Morgan fingerprint density at radius 2 is 1.82 bits per heavy atom. The number of carbonyl (C=O) groups is 1. The molecule has 2 aliphatic rings. The van der Waals surface area contributed by atoms with Crippen molar-refractivity contribution in [2.75, 3.05) is 13.1 Å². The molecule has 0 unspecified atom stereocenters. The van der Waals surface area contributed by atoms with Crippen LogP contribution in [-0.4, -0.2) is 43.7 Å². The van der Waals surface area contributed by atoms with E-state index in [1.807, 2.05) is 37.3 Å². The lowest BCUT2D eigenvalue weighted by atomic mass is 9.96. The SMILES string of the molecule is CCc1nc(C2CCN(C(=O)OCc3ccccc3)CC2)n2nc(C3CCCC3)[nH]c(=O)c12. The topological polar surface area (TPSA) is 92.6 Å². The summed E-state index contributed by atoms with van der Waals surface area (Å²) >= 11 is 0. The summed E-state index contributed by atoms with van der Waals surface area (Å²) in [5, 5.41) is 4.87. The Morgan fingerprint density at radius 1 is 1.09 bits per heavy atom. The summed E-state index contributed by atoms with van der Waals surface area (Å²) in [7, 11) is 0. The van der Waals surface area contributed by atoms with Crippen molar-refractivity contribution in [1.29, 1.82) is 0 Å². The first-order valence-corrected chi connectivity index (χ1v) is 12.1. The Kier molecular flexibility index (Phi) is 6.15. The molecule has 0 bridgehead atoms. The smallest absolute Gasteiger partial charge is 0.410 e. The van der Waals surface area contributed by atoms with Crippen molar-refractivity contribution in [3.05, 3.63) is 63.6 Å². The summed E-state index contributed by atoms with van der Waals surface area (Å²) in [5.41, 5.74) is 2.25. The molecule has 2 aromatic heterocycles. The second kappa shape index (κ2) is 9.37. The van der Waals surface area contributed by atoms with Gasteiger partial charge in [-0.05, 0) is 37.7 Å². The summed E-state index contributed by atoms with van der Waals surface area (Å²) in [5.74, 6) is 2.11. The van der Waals surface area contributed by atoms with E-state index in [0.29, 0.717) is 30.9 Å². The van der Waals surface area contributed by atoms with Crippen LogP contribution in [0.15, 0.2) is 35.1 Å². The second-order valence-corrected chi connectivity index (χ2v) is 9.15. The van der Waals surface area contributed by atoms with Crippen molar-refractivity contribution >= 4 is 11.6 Å². The molecule has 1 amide bonds. The lowest BCUT2D eigenvalue weighted by Crippen LogP contribution is -2.38. The minimum absolute atomic E-state index is 0.0931. The molecule has 3 heterocycles. The van der Waals surface area contributed by atoms with E-state index in [9.17, 15) is 9.59 Å². The third kappa shape index (κ3) is 4.38. The van der Waals surface area contributed by atoms with Crippen molar-refractivity contribution in [2.24, 2.45) is 0 Å². The zero-order valence-electron chi connectivity index (χ0n) is 19.1. The van der Waals surface area contributed by atoms with E-state index in [0.717, 1.165) is 48.6 Å². The molecule has 33 heavy (non-hydrogen) atoms. The number of rotatable bonds is 5. The van der Waals surface area contributed by atoms with Gasteiger partial charge in [-0.3, -0.25) is 4.79 Å². The Morgan fingerprint density at radius 3 is 2.52 bits per heavy atom. The first-order chi connectivity index (χ1) is 16.1. The number of benzene rings is 1. The summed E-state index contributed by atoms with van der Waals surface area (Å²) in [6.07, 6.45) is 6.46. The van der Waals surface area contributed by atoms with E-state index in [4.69, 9.17) is 14.8 Å². The van der Waals surface area contributed by atoms with E-state index in [2.05, 4.69) is 4.98 Å². The highest BCUT2D eigenvalue weighted by Crippen LogP contribution is 2.33. The van der Waals surface area contributed by atoms with Gasteiger partial charge in [-0.1, -0.05) is 50.1 Å². The number of nitrogens with one attached hydrogen (secondary N) is 1. The molecule has 5 rings (SSSR count). The fraction of sp³-hybridized carbons (Fsp3) is 0.520. The third-order valence-corrected chi connectivity index (χ3v) is 7.02. The van der Waals surface area contributed by atoms with Gasteiger partial charge >= 0.3 is 6.09 Å². The van der Waals surface area contributed by atoms with Crippen LogP contribution in [0.3, 0.4) is 0 Å². The molecule has 174 valence electrons. The Hall–Kier alpha value is -3.16. The molecule has 8 nitrogen and oxygen atoms in total. The van der Waals surface area contributed by atoms with Gasteiger partial charge in [0.05, 0.1) is 5.69 Å². The number of carbonyl (C=O) groups excluding carboxylic acids is 1. The molecule has 1 aromatic carbocycles. The predicted octanol–water partition coefficient (Wildman–Crippen LogP) is 4.15. The molecule has 1 saturated heterocycles. The van der Waals surface area contributed by atoms with Gasteiger partial charge in [0.25, 0.3) is 5.56 Å². The number of ether oxygens (including phenoxy) is 1. The highest BCUT2D eigenvalue weighted by Gasteiger charge is 2.30. The van der Waals surface area contributed by atoms with Gasteiger partial charge in [0, 0.05) is 24.9 Å². The number of nitrogens with zero attached hydrogens (tertiary/aromatic N) is 4. The molecule has 0 atom stereocenters. The fourth-order valence-electron chi connectivity index (χ4n) is 5.14. The lowest BCUT2D eigenvalue weighted by Gasteiger charge is -2.30. The Labute approximate surface area is 193 Å². The van der Waals surface area contributed by atoms with Crippen molar-refractivity contribution < 1.29 is 9.53 Å². The first-order valence-electron chi connectivity index (χ1n) is 12.1. The molecule has 1 saturated carbocycles. The number of aromatic nitrogens is 4. The van der Waals surface area contributed by atoms with E-state index in [-0.39, 0.29) is 24.2 Å². The number of amides is 1. The summed E-state index contributed by atoms with van der Waals surface area (Å²) < 4.78 is 7.30. The average Bonchev–Trinajstić information content (AvgIpc) is 3.52. The summed E-state index contributed by atoms with van der Waals surface area (Å²) in [6.45, 7) is 3.50. The molecular formula is C25H31N5O3. The molecule has 1 N–H and O–H groups in total. The number of hydrogen-bond acceptors (Lipinski definition) is 5. The largest absolute Gasteiger partial charge is 0.445 e. The molecule has 8 heteroatoms. The molecule has 0 radical (unpaired) electrons. The van der Waals surface area contributed by atoms with Crippen LogP contribution < -0.4 is 5.56 Å². The highest BCUT2D eigenvalue weighted by molar-refractivity contribution is 5.67. The quantitative estimate of drug-likeness (QED) is 0.632. The average molecular weight is 450 g/mol. The van der Waals surface area contributed by atoms with Crippen LogP contribution in [0.25, 0.3) is 5.52 Å². The van der Waals surface area contributed by atoms with Gasteiger partial charge < -0.3 is 14.6 Å². The number of aryl methyl sites for hydroxylation is 1. The Balaban J connectivity index is 1.31. The number of imidazole rings is 1. The number of piperidine rings is 1. The normalized spacial score (nSPS) is 17.7. The van der Waals surface area contributed by atoms with E-state index in [1.54, 1.807) is 9.42 Å². The lowest BCUT2D eigenvalue weighted by molar-refractivity contribution is 0.0865. The molecular weight excluding hydrogens is 418 g/mol. The number of H-pyrrole nitrogens is 1. The summed E-state index contributed by atoms with van der Waals surface area (Å²) in [4.78, 5) is 35.1. The van der Waals surface area contributed by atoms with Gasteiger partial charge in [-0.25, -0.2) is 14.3 Å². The van der Waals surface area contributed by atoms with Crippen LogP contribution in [0.2, 0.25) is 0 Å². The van der Waals surface area contributed by atoms with Gasteiger partial charge in [-0.2, -0.15) is 5.10 Å².